The molecule has 0 fully saturated rings. The summed E-state index contributed by atoms with van der Waals surface area (Å²) in [6, 6.07) is 15.9. The number of benzene rings is 2. The minimum Gasteiger partial charge on any atom is -0.334 e. The highest BCUT2D eigenvalue weighted by Gasteiger charge is 2.24. The minimum atomic E-state index is -0.0596. The Balaban J connectivity index is 1.97. The second-order valence-electron chi connectivity index (χ2n) is 8.58. The molecule has 0 spiro atoms. The zero-order valence-corrected chi connectivity index (χ0v) is 18.6. The lowest BCUT2D eigenvalue weighted by Crippen LogP contribution is -2.37. The molecule has 0 N–H and O–H groups in total. The fourth-order valence-electron chi connectivity index (χ4n) is 4.11. The Kier molecular flexibility index (Phi) is 7.67. The van der Waals surface area contributed by atoms with Gasteiger partial charge in [-0.05, 0) is 43.0 Å². The molecule has 0 saturated heterocycles. The van der Waals surface area contributed by atoms with Crippen LogP contribution in [-0.4, -0.2) is 29.8 Å². The Morgan fingerprint density at radius 3 is 2.20 bits per heavy atom. The van der Waals surface area contributed by atoms with Crippen molar-refractivity contribution in [2.24, 2.45) is 5.92 Å². The van der Waals surface area contributed by atoms with Gasteiger partial charge in [-0.25, -0.2) is 0 Å². The normalized spacial score (nSPS) is 15.9. The lowest BCUT2D eigenvalue weighted by Gasteiger charge is -2.30. The molecule has 0 saturated carbocycles. The summed E-state index contributed by atoms with van der Waals surface area (Å²) in [7, 11) is 0. The van der Waals surface area contributed by atoms with E-state index < -0.39 is 0 Å². The highest BCUT2D eigenvalue weighted by molar-refractivity contribution is 5.97. The molecule has 160 valence electrons. The molecule has 0 unspecified atom stereocenters. The Hall–Kier alpha value is -2.62. The van der Waals surface area contributed by atoms with E-state index in [9.17, 15) is 9.59 Å². The Morgan fingerprint density at radius 2 is 1.47 bits per heavy atom. The number of hydrogen-bond donors (Lipinski definition) is 0. The van der Waals surface area contributed by atoms with Crippen LogP contribution in [0.1, 0.15) is 67.4 Å². The van der Waals surface area contributed by atoms with Crippen LogP contribution in [0.2, 0.25) is 0 Å². The molecular weight excluding hydrogens is 372 g/mol. The van der Waals surface area contributed by atoms with Crippen molar-refractivity contribution in [3.8, 4) is 0 Å². The summed E-state index contributed by atoms with van der Waals surface area (Å²) >= 11 is 0. The molecule has 1 aliphatic rings. The molecule has 2 aromatic carbocycles. The highest BCUT2D eigenvalue weighted by atomic mass is 16.2. The summed E-state index contributed by atoms with van der Waals surface area (Å²) < 4.78 is 0. The smallest absolute Gasteiger partial charge is 0.254 e. The van der Waals surface area contributed by atoms with Gasteiger partial charge in [0.05, 0.1) is 0 Å². The van der Waals surface area contributed by atoms with E-state index in [-0.39, 0.29) is 17.7 Å². The zero-order chi connectivity index (χ0) is 21.5. The third-order valence-electron chi connectivity index (χ3n) is 5.88. The first-order chi connectivity index (χ1) is 14.5. The van der Waals surface area contributed by atoms with Crippen LogP contribution in [0.4, 0.5) is 5.69 Å². The van der Waals surface area contributed by atoms with Gasteiger partial charge in [0.15, 0.2) is 0 Å². The van der Waals surface area contributed by atoms with Crippen molar-refractivity contribution in [1.82, 2.24) is 4.90 Å². The summed E-state index contributed by atoms with van der Waals surface area (Å²) in [6.07, 6.45) is 5.37. The largest absolute Gasteiger partial charge is 0.334 e. The van der Waals surface area contributed by atoms with Crippen LogP contribution in [0.15, 0.2) is 48.5 Å². The van der Waals surface area contributed by atoms with Crippen molar-refractivity contribution >= 4 is 17.5 Å². The monoisotopic (exact) mass is 406 g/mol. The number of rotatable bonds is 2. The number of carbonyl (C=O) groups excluding carboxylic acids is 2. The van der Waals surface area contributed by atoms with Crippen molar-refractivity contribution in [2.45, 2.75) is 59.4 Å². The summed E-state index contributed by atoms with van der Waals surface area (Å²) in [5.41, 5.74) is 3.74. The van der Waals surface area contributed by atoms with Gasteiger partial charge in [0.2, 0.25) is 5.91 Å². The standard InChI is InChI=1S/C26H34N2O2/c1-20(2)25(29)28-18-12-6-4-5-11-17-27(19-22-14-8-10-16-24(22)28)26(30)23-15-9-7-13-21(23)3/h7-10,13-16,20H,4-6,11-12,17-19H2,1-3H3. The number of hydrogen-bond acceptors (Lipinski definition) is 2. The van der Waals surface area contributed by atoms with Crippen molar-refractivity contribution in [2.75, 3.05) is 18.0 Å². The second-order valence-corrected chi connectivity index (χ2v) is 8.58. The molecule has 3 rings (SSSR count). The molecule has 1 aliphatic heterocycles. The van der Waals surface area contributed by atoms with Gasteiger partial charge < -0.3 is 9.80 Å². The number of anilines is 1. The average Bonchev–Trinajstić information content (AvgIpc) is 2.73. The van der Waals surface area contributed by atoms with Gasteiger partial charge >= 0.3 is 0 Å². The summed E-state index contributed by atoms with van der Waals surface area (Å²) in [5, 5.41) is 0. The second kappa shape index (κ2) is 10.4. The van der Waals surface area contributed by atoms with Crippen LogP contribution in [0.25, 0.3) is 0 Å². The van der Waals surface area contributed by atoms with Gasteiger partial charge in [-0.2, -0.15) is 0 Å². The predicted octanol–water partition coefficient (Wildman–Crippen LogP) is 5.59. The maximum atomic E-state index is 13.4. The van der Waals surface area contributed by atoms with Crippen molar-refractivity contribution in [1.29, 1.82) is 0 Å². The van der Waals surface area contributed by atoms with Gasteiger partial charge in [-0.15, -0.1) is 0 Å². The predicted molar refractivity (Wildman–Crippen MR) is 123 cm³/mol. The van der Waals surface area contributed by atoms with Crippen LogP contribution in [0.3, 0.4) is 0 Å². The first-order valence-corrected chi connectivity index (χ1v) is 11.2. The quantitative estimate of drug-likeness (QED) is 0.652. The van der Waals surface area contributed by atoms with Gasteiger partial charge in [-0.3, -0.25) is 9.59 Å². The molecule has 4 heteroatoms. The molecule has 1 heterocycles. The van der Waals surface area contributed by atoms with E-state index in [4.69, 9.17) is 0 Å². The summed E-state index contributed by atoms with van der Waals surface area (Å²) in [6.45, 7) is 7.88. The lowest BCUT2D eigenvalue weighted by atomic mass is 10.0. The maximum Gasteiger partial charge on any atom is 0.254 e. The van der Waals surface area contributed by atoms with Crippen LogP contribution in [0, 0.1) is 12.8 Å². The molecule has 30 heavy (non-hydrogen) atoms. The minimum absolute atomic E-state index is 0.0596. The third kappa shape index (κ3) is 5.29. The van der Waals surface area contributed by atoms with E-state index in [1.54, 1.807) is 0 Å². The number of fused-ring (bicyclic) bond motifs is 1. The van der Waals surface area contributed by atoms with Gasteiger partial charge in [-0.1, -0.05) is 69.5 Å². The first kappa shape index (κ1) is 22.1. The summed E-state index contributed by atoms with van der Waals surface area (Å²) in [5.74, 6) is 0.161. The number of para-hydroxylation sites is 1. The van der Waals surface area contributed by atoms with Crippen LogP contribution in [-0.2, 0) is 11.3 Å². The SMILES string of the molecule is Cc1ccccc1C(=O)N1CCCCCCCN(C(=O)C(C)C)c2ccccc2C1. The first-order valence-electron chi connectivity index (χ1n) is 11.2. The number of nitrogens with zero attached hydrogens (tertiary/aromatic N) is 2. The van der Waals surface area contributed by atoms with Gasteiger partial charge in [0.1, 0.15) is 0 Å². The lowest BCUT2D eigenvalue weighted by molar-refractivity contribution is -0.121. The number of carbonyl (C=O) groups is 2. The van der Waals surface area contributed by atoms with Crippen LogP contribution in [0.5, 0.6) is 0 Å². The fourth-order valence-corrected chi connectivity index (χ4v) is 4.11. The molecule has 2 aromatic rings. The zero-order valence-electron chi connectivity index (χ0n) is 18.6. The molecule has 2 amide bonds. The van der Waals surface area contributed by atoms with Crippen LogP contribution < -0.4 is 4.90 Å². The highest BCUT2D eigenvalue weighted by Crippen LogP contribution is 2.26. The van der Waals surface area contributed by atoms with E-state index in [2.05, 4.69) is 6.07 Å². The molecular formula is C26H34N2O2. The number of amides is 2. The maximum absolute atomic E-state index is 13.4. The van der Waals surface area contributed by atoms with Crippen molar-refractivity contribution in [3.05, 3.63) is 65.2 Å². The van der Waals surface area contributed by atoms with Crippen molar-refractivity contribution in [3.63, 3.8) is 0 Å². The van der Waals surface area contributed by atoms with E-state index in [0.717, 1.165) is 67.6 Å². The topological polar surface area (TPSA) is 40.6 Å². The van der Waals surface area contributed by atoms with E-state index in [0.29, 0.717) is 6.54 Å². The molecule has 0 atom stereocenters. The molecule has 0 aromatic heterocycles. The average molecular weight is 407 g/mol. The van der Waals surface area contributed by atoms with E-state index in [1.165, 1.54) is 0 Å². The molecule has 0 bridgehead atoms. The van der Waals surface area contributed by atoms with E-state index >= 15 is 0 Å². The molecule has 4 nitrogen and oxygen atoms in total. The molecule has 0 aliphatic carbocycles. The Labute approximate surface area is 180 Å². The van der Waals surface area contributed by atoms with E-state index in [1.807, 2.05) is 73.0 Å². The van der Waals surface area contributed by atoms with Crippen molar-refractivity contribution < 1.29 is 9.59 Å². The fraction of sp³-hybridized carbons (Fsp3) is 0.462. The summed E-state index contributed by atoms with van der Waals surface area (Å²) in [4.78, 5) is 30.3. The Bertz CT molecular complexity index is 875. The Morgan fingerprint density at radius 1 is 0.833 bits per heavy atom. The third-order valence-corrected chi connectivity index (χ3v) is 5.88. The van der Waals surface area contributed by atoms with Crippen LogP contribution >= 0.6 is 0 Å². The number of aryl methyl sites for hydroxylation is 1. The van der Waals surface area contributed by atoms with Gasteiger partial charge in [0, 0.05) is 36.8 Å². The molecule has 0 radical (unpaired) electrons. The van der Waals surface area contributed by atoms with Gasteiger partial charge in [0.25, 0.3) is 5.91 Å².